The number of fused-ring (bicyclic) bond motifs is 1. The number of benzene rings is 1. The van der Waals surface area contributed by atoms with Crippen molar-refractivity contribution in [3.63, 3.8) is 0 Å². The molecule has 0 spiro atoms. The van der Waals surface area contributed by atoms with Crippen LogP contribution in [0.15, 0.2) is 35.1 Å². The van der Waals surface area contributed by atoms with Crippen LogP contribution >= 0.6 is 22.6 Å². The quantitative estimate of drug-likeness (QED) is 0.681. The highest BCUT2D eigenvalue weighted by molar-refractivity contribution is 14.1. The van der Waals surface area contributed by atoms with Gasteiger partial charge in [0.2, 0.25) is 0 Å². The highest BCUT2D eigenvalue weighted by Gasteiger charge is 2.11. The molecule has 5 heteroatoms. The topological polar surface area (TPSA) is 58.6 Å². The number of halogens is 1. The minimum Gasteiger partial charge on any atom is -0.304 e. The van der Waals surface area contributed by atoms with Gasteiger partial charge in [-0.3, -0.25) is 4.79 Å². The van der Waals surface area contributed by atoms with E-state index in [9.17, 15) is 4.79 Å². The van der Waals surface area contributed by atoms with Gasteiger partial charge >= 0.3 is 0 Å². The molecule has 2 heterocycles. The summed E-state index contributed by atoms with van der Waals surface area (Å²) in [5.41, 5.74) is 3.43. The molecule has 0 bridgehead atoms. The standard InChI is InChI=1S/C16H14IN3O/c1-3-11-14(17)16(21)20-15(19-11)13-8-9(2)10-6-4-5-7-12(10)18-13/h4-8H,3H2,1-2H3,(H,19,20,21). The normalized spacial score (nSPS) is 11.0. The van der Waals surface area contributed by atoms with Gasteiger partial charge in [0, 0.05) is 5.39 Å². The van der Waals surface area contributed by atoms with Gasteiger partial charge in [-0.2, -0.15) is 0 Å². The van der Waals surface area contributed by atoms with Crippen LogP contribution in [0.2, 0.25) is 0 Å². The Labute approximate surface area is 135 Å². The van der Waals surface area contributed by atoms with E-state index in [1.807, 2.05) is 66.8 Å². The highest BCUT2D eigenvalue weighted by Crippen LogP contribution is 2.22. The van der Waals surface area contributed by atoms with E-state index in [1.165, 1.54) is 0 Å². The van der Waals surface area contributed by atoms with E-state index in [0.717, 1.165) is 28.6 Å². The number of aromatic amines is 1. The van der Waals surface area contributed by atoms with E-state index >= 15 is 0 Å². The van der Waals surface area contributed by atoms with Crippen molar-refractivity contribution in [1.29, 1.82) is 0 Å². The zero-order valence-electron chi connectivity index (χ0n) is 11.8. The average Bonchev–Trinajstić information content (AvgIpc) is 2.50. The summed E-state index contributed by atoms with van der Waals surface area (Å²) in [6.45, 7) is 4.03. The number of hydrogen-bond acceptors (Lipinski definition) is 3. The van der Waals surface area contributed by atoms with Crippen molar-refractivity contribution >= 4 is 33.5 Å². The number of nitrogens with one attached hydrogen (secondary N) is 1. The van der Waals surface area contributed by atoms with Gasteiger partial charge in [0.25, 0.3) is 5.56 Å². The van der Waals surface area contributed by atoms with Crippen LogP contribution in [-0.4, -0.2) is 15.0 Å². The minimum absolute atomic E-state index is 0.106. The van der Waals surface area contributed by atoms with Crippen LogP contribution in [0.25, 0.3) is 22.4 Å². The van der Waals surface area contributed by atoms with Crippen LogP contribution in [0, 0.1) is 10.5 Å². The monoisotopic (exact) mass is 391 g/mol. The zero-order valence-corrected chi connectivity index (χ0v) is 13.9. The van der Waals surface area contributed by atoms with E-state index in [4.69, 9.17) is 0 Å². The molecule has 21 heavy (non-hydrogen) atoms. The van der Waals surface area contributed by atoms with Crippen LogP contribution in [-0.2, 0) is 6.42 Å². The minimum atomic E-state index is -0.106. The van der Waals surface area contributed by atoms with Gasteiger partial charge in [-0.25, -0.2) is 9.97 Å². The fourth-order valence-electron chi connectivity index (χ4n) is 2.33. The Bertz CT molecular complexity index is 886. The molecule has 0 saturated heterocycles. The highest BCUT2D eigenvalue weighted by atomic mass is 127. The Hall–Kier alpha value is -1.76. The maximum absolute atomic E-state index is 12.0. The van der Waals surface area contributed by atoms with Gasteiger partial charge in [0.15, 0.2) is 5.82 Å². The van der Waals surface area contributed by atoms with Crippen LogP contribution in [0.4, 0.5) is 0 Å². The number of H-pyrrole nitrogens is 1. The first-order valence-corrected chi connectivity index (χ1v) is 7.83. The number of pyridine rings is 1. The predicted molar refractivity (Wildman–Crippen MR) is 92.4 cm³/mol. The number of hydrogen-bond donors (Lipinski definition) is 1. The summed E-state index contributed by atoms with van der Waals surface area (Å²) >= 11 is 2.04. The Balaban J connectivity index is 2.26. The molecule has 2 aromatic heterocycles. The number of aryl methyl sites for hydroxylation is 2. The second-order valence-corrected chi connectivity index (χ2v) is 5.95. The van der Waals surface area contributed by atoms with Gasteiger partial charge in [-0.15, -0.1) is 0 Å². The molecule has 0 aliphatic carbocycles. The van der Waals surface area contributed by atoms with Crippen molar-refractivity contribution in [2.24, 2.45) is 0 Å². The Morgan fingerprint density at radius 3 is 2.76 bits per heavy atom. The third kappa shape index (κ3) is 2.57. The molecule has 0 saturated carbocycles. The lowest BCUT2D eigenvalue weighted by Gasteiger charge is -2.08. The lowest BCUT2D eigenvalue weighted by atomic mass is 10.1. The predicted octanol–water partition coefficient (Wildman–Crippen LogP) is 3.46. The van der Waals surface area contributed by atoms with Crippen LogP contribution < -0.4 is 5.56 Å². The molecule has 0 aliphatic heterocycles. The number of para-hydroxylation sites is 1. The van der Waals surface area contributed by atoms with Crippen molar-refractivity contribution in [3.8, 4) is 11.5 Å². The van der Waals surface area contributed by atoms with Crippen LogP contribution in [0.1, 0.15) is 18.2 Å². The zero-order chi connectivity index (χ0) is 15.0. The van der Waals surface area contributed by atoms with Crippen LogP contribution in [0.5, 0.6) is 0 Å². The van der Waals surface area contributed by atoms with Gasteiger partial charge in [-0.05, 0) is 53.6 Å². The summed E-state index contributed by atoms with van der Waals surface area (Å²) in [5.74, 6) is 0.533. The van der Waals surface area contributed by atoms with Crippen molar-refractivity contribution in [3.05, 3.63) is 55.5 Å². The van der Waals surface area contributed by atoms with Crippen LogP contribution in [0.3, 0.4) is 0 Å². The maximum Gasteiger partial charge on any atom is 0.264 e. The summed E-state index contributed by atoms with van der Waals surface area (Å²) in [6.07, 6.45) is 0.724. The molecule has 0 radical (unpaired) electrons. The van der Waals surface area contributed by atoms with E-state index < -0.39 is 0 Å². The van der Waals surface area contributed by atoms with Crippen molar-refractivity contribution in [1.82, 2.24) is 15.0 Å². The molecule has 3 aromatic rings. The second kappa shape index (κ2) is 5.55. The van der Waals surface area contributed by atoms with E-state index in [2.05, 4.69) is 15.0 Å². The molecule has 0 amide bonds. The largest absolute Gasteiger partial charge is 0.304 e. The first-order chi connectivity index (χ1) is 10.1. The molecule has 3 rings (SSSR count). The molecule has 0 unspecified atom stereocenters. The van der Waals surface area contributed by atoms with Crippen molar-refractivity contribution < 1.29 is 0 Å². The molecular formula is C16H14IN3O. The Morgan fingerprint density at radius 2 is 2.00 bits per heavy atom. The summed E-state index contributed by atoms with van der Waals surface area (Å²) < 4.78 is 0.649. The maximum atomic E-state index is 12.0. The fourth-order valence-corrected chi connectivity index (χ4v) is 2.97. The smallest absolute Gasteiger partial charge is 0.264 e. The van der Waals surface area contributed by atoms with Crippen molar-refractivity contribution in [2.75, 3.05) is 0 Å². The van der Waals surface area contributed by atoms with E-state index in [0.29, 0.717) is 15.1 Å². The average molecular weight is 391 g/mol. The van der Waals surface area contributed by atoms with E-state index in [1.54, 1.807) is 0 Å². The summed E-state index contributed by atoms with van der Waals surface area (Å²) in [7, 11) is 0. The van der Waals surface area contributed by atoms with E-state index in [-0.39, 0.29) is 5.56 Å². The third-order valence-corrected chi connectivity index (χ3v) is 4.54. The first kappa shape index (κ1) is 14.2. The van der Waals surface area contributed by atoms with Gasteiger partial charge < -0.3 is 4.98 Å². The molecule has 106 valence electrons. The lowest BCUT2D eigenvalue weighted by molar-refractivity contribution is 0.963. The molecule has 1 N–H and O–H groups in total. The Morgan fingerprint density at radius 1 is 1.24 bits per heavy atom. The summed E-state index contributed by atoms with van der Waals surface area (Å²) in [4.78, 5) is 24.0. The molecule has 0 aliphatic rings. The molecule has 0 atom stereocenters. The SMILES string of the molecule is CCc1nc(-c2cc(C)c3ccccc3n2)[nH]c(=O)c1I. The number of aromatic nitrogens is 3. The Kier molecular flexibility index (Phi) is 3.75. The number of nitrogens with zero attached hydrogens (tertiary/aromatic N) is 2. The third-order valence-electron chi connectivity index (χ3n) is 3.43. The van der Waals surface area contributed by atoms with Gasteiger partial charge in [0.1, 0.15) is 5.69 Å². The first-order valence-electron chi connectivity index (χ1n) is 6.75. The second-order valence-electron chi connectivity index (χ2n) is 4.87. The van der Waals surface area contributed by atoms with Crippen molar-refractivity contribution in [2.45, 2.75) is 20.3 Å². The van der Waals surface area contributed by atoms with Gasteiger partial charge in [-0.1, -0.05) is 25.1 Å². The molecule has 4 nitrogen and oxygen atoms in total. The number of rotatable bonds is 2. The summed E-state index contributed by atoms with van der Waals surface area (Å²) in [5, 5.41) is 1.12. The lowest BCUT2D eigenvalue weighted by Crippen LogP contribution is -2.16. The van der Waals surface area contributed by atoms with Gasteiger partial charge in [0.05, 0.1) is 14.8 Å². The summed E-state index contributed by atoms with van der Waals surface area (Å²) in [6, 6.07) is 9.93. The molecule has 0 fully saturated rings. The molecular weight excluding hydrogens is 377 g/mol. The fraction of sp³-hybridized carbons (Fsp3) is 0.188. The molecule has 1 aromatic carbocycles.